The van der Waals surface area contributed by atoms with Crippen LogP contribution in [0.3, 0.4) is 0 Å². The quantitative estimate of drug-likeness (QED) is 0.749. The fourth-order valence-corrected chi connectivity index (χ4v) is 3.71. The highest BCUT2D eigenvalue weighted by molar-refractivity contribution is 6.02. The number of benzene rings is 2. The molecule has 31 heavy (non-hydrogen) atoms. The first-order valence-electron chi connectivity index (χ1n) is 10.2. The van der Waals surface area contributed by atoms with Gasteiger partial charge in [0.25, 0.3) is 11.8 Å². The molecule has 0 radical (unpaired) electrons. The Morgan fingerprint density at radius 2 is 1.74 bits per heavy atom. The van der Waals surface area contributed by atoms with Crippen LogP contribution in [0.1, 0.15) is 13.8 Å². The molecule has 0 aliphatic carbocycles. The monoisotopic (exact) mass is 428 g/mol. The minimum Gasteiger partial charge on any atom is -0.478 e. The average molecular weight is 428 g/mol. The lowest BCUT2D eigenvalue weighted by Gasteiger charge is -2.39. The van der Waals surface area contributed by atoms with E-state index in [0.29, 0.717) is 43.5 Å². The van der Waals surface area contributed by atoms with Crippen molar-refractivity contribution in [2.24, 2.45) is 0 Å². The molecule has 8 heteroatoms. The van der Waals surface area contributed by atoms with E-state index in [1.165, 1.54) is 29.2 Å². The number of anilines is 1. The molecule has 164 valence electrons. The molecule has 2 heterocycles. The highest BCUT2D eigenvalue weighted by atomic mass is 19.1. The summed E-state index contributed by atoms with van der Waals surface area (Å²) >= 11 is 0. The van der Waals surface area contributed by atoms with Crippen molar-refractivity contribution in [3.8, 4) is 11.5 Å². The lowest BCUT2D eigenvalue weighted by Crippen LogP contribution is -2.57. The Kier molecular flexibility index (Phi) is 5.82. The van der Waals surface area contributed by atoms with Crippen LogP contribution in [0.15, 0.2) is 48.5 Å². The molecule has 0 aromatic heterocycles. The van der Waals surface area contributed by atoms with Gasteiger partial charge in [0.15, 0.2) is 11.7 Å². The van der Waals surface area contributed by atoms with E-state index in [1.54, 1.807) is 43.0 Å². The lowest BCUT2D eigenvalue weighted by atomic mass is 10.0. The summed E-state index contributed by atoms with van der Waals surface area (Å²) in [5.74, 6) is -0.0446. The Morgan fingerprint density at radius 1 is 1.06 bits per heavy atom. The fourth-order valence-electron chi connectivity index (χ4n) is 3.71. The Hall–Kier alpha value is -3.13. The first-order chi connectivity index (χ1) is 14.8. The van der Waals surface area contributed by atoms with Crippen LogP contribution in [0, 0.1) is 5.82 Å². The number of ether oxygens (including phenoxy) is 3. The van der Waals surface area contributed by atoms with Gasteiger partial charge in [-0.15, -0.1) is 0 Å². The largest absolute Gasteiger partial charge is 0.478 e. The second-order valence-electron chi connectivity index (χ2n) is 7.99. The number of para-hydroxylation sites is 2. The van der Waals surface area contributed by atoms with E-state index in [9.17, 15) is 14.0 Å². The van der Waals surface area contributed by atoms with E-state index in [2.05, 4.69) is 0 Å². The molecule has 1 saturated heterocycles. The average Bonchev–Trinajstić information content (AvgIpc) is 2.79. The van der Waals surface area contributed by atoms with Crippen molar-refractivity contribution >= 4 is 17.5 Å². The van der Waals surface area contributed by atoms with E-state index in [-0.39, 0.29) is 24.2 Å². The zero-order valence-electron chi connectivity index (χ0n) is 17.5. The highest BCUT2D eigenvalue weighted by Gasteiger charge is 2.42. The van der Waals surface area contributed by atoms with Gasteiger partial charge in [0, 0.05) is 13.1 Å². The molecule has 1 atom stereocenters. The summed E-state index contributed by atoms with van der Waals surface area (Å²) in [6.07, 6.45) is -0.821. The third-order valence-electron chi connectivity index (χ3n) is 5.32. The Morgan fingerprint density at radius 3 is 2.45 bits per heavy atom. The molecule has 0 N–H and O–H groups in total. The van der Waals surface area contributed by atoms with Crippen LogP contribution in [0.4, 0.5) is 10.1 Å². The molecule has 2 aromatic carbocycles. The van der Waals surface area contributed by atoms with E-state index in [1.807, 2.05) is 0 Å². The van der Waals surface area contributed by atoms with Gasteiger partial charge in [-0.25, -0.2) is 4.39 Å². The van der Waals surface area contributed by atoms with Gasteiger partial charge in [-0.3, -0.25) is 9.59 Å². The van der Waals surface area contributed by atoms with E-state index < -0.39 is 11.7 Å². The number of nitrogens with zero attached hydrogens (tertiary/aromatic N) is 2. The maximum atomic E-state index is 13.5. The van der Waals surface area contributed by atoms with Gasteiger partial charge < -0.3 is 24.0 Å². The van der Waals surface area contributed by atoms with Gasteiger partial charge in [-0.05, 0) is 50.2 Å². The summed E-state index contributed by atoms with van der Waals surface area (Å²) < 4.78 is 30.4. The lowest BCUT2D eigenvalue weighted by molar-refractivity contribution is -0.143. The number of hydrogen-bond acceptors (Lipinski definition) is 5. The Balaban J connectivity index is 1.58. The van der Waals surface area contributed by atoms with Gasteiger partial charge in [-0.2, -0.15) is 0 Å². The predicted octanol–water partition coefficient (Wildman–Crippen LogP) is 2.64. The summed E-state index contributed by atoms with van der Waals surface area (Å²) in [5, 5.41) is 0. The fraction of sp³-hybridized carbons (Fsp3) is 0.391. The van der Waals surface area contributed by atoms with Crippen molar-refractivity contribution in [2.45, 2.75) is 25.6 Å². The summed E-state index contributed by atoms with van der Waals surface area (Å²) in [4.78, 5) is 29.8. The van der Waals surface area contributed by atoms with Gasteiger partial charge in [-0.1, -0.05) is 12.1 Å². The van der Waals surface area contributed by atoms with Crippen LogP contribution in [0.5, 0.6) is 11.5 Å². The van der Waals surface area contributed by atoms with Crippen molar-refractivity contribution in [3.63, 3.8) is 0 Å². The molecule has 0 saturated carbocycles. The first kappa shape index (κ1) is 21.1. The van der Waals surface area contributed by atoms with Crippen LogP contribution in [0.25, 0.3) is 0 Å². The number of rotatable bonds is 4. The van der Waals surface area contributed by atoms with E-state index in [4.69, 9.17) is 14.2 Å². The Bertz CT molecular complexity index is 957. The normalized spacial score (nSPS) is 18.7. The molecule has 4 rings (SSSR count). The zero-order valence-corrected chi connectivity index (χ0v) is 17.5. The predicted molar refractivity (Wildman–Crippen MR) is 112 cm³/mol. The third kappa shape index (κ3) is 4.49. The van der Waals surface area contributed by atoms with Crippen molar-refractivity contribution in [3.05, 3.63) is 54.3 Å². The molecule has 0 spiro atoms. The van der Waals surface area contributed by atoms with Gasteiger partial charge >= 0.3 is 0 Å². The van der Waals surface area contributed by atoms with Gasteiger partial charge in [0.05, 0.1) is 25.4 Å². The molecule has 1 fully saturated rings. The summed E-state index contributed by atoms with van der Waals surface area (Å²) in [7, 11) is 0. The summed E-state index contributed by atoms with van der Waals surface area (Å²) in [5.41, 5.74) is -0.677. The third-order valence-corrected chi connectivity index (χ3v) is 5.32. The van der Waals surface area contributed by atoms with Crippen molar-refractivity contribution in [1.29, 1.82) is 0 Å². The van der Waals surface area contributed by atoms with E-state index in [0.717, 1.165) is 0 Å². The molecular weight excluding hydrogens is 403 g/mol. The Labute approximate surface area is 180 Å². The van der Waals surface area contributed by atoms with Crippen LogP contribution < -0.4 is 14.4 Å². The summed E-state index contributed by atoms with van der Waals surface area (Å²) in [6, 6.07) is 12.6. The molecule has 7 nitrogen and oxygen atoms in total. The minimum absolute atomic E-state index is 0.0717. The number of morpholine rings is 1. The number of halogens is 1. The molecule has 2 aliphatic heterocycles. The molecule has 2 aliphatic rings. The van der Waals surface area contributed by atoms with Crippen LogP contribution in [-0.2, 0) is 14.3 Å². The SMILES string of the molecule is CC(C)(Oc1ccc(F)cc1)C(=O)N1CC(C(=O)N2CCOCC2)Oc2ccccc21. The van der Waals surface area contributed by atoms with Crippen molar-refractivity contribution < 1.29 is 28.2 Å². The molecular formula is C23H25FN2O5. The van der Waals surface area contributed by atoms with E-state index >= 15 is 0 Å². The number of hydrogen-bond donors (Lipinski definition) is 0. The maximum absolute atomic E-state index is 13.5. The summed E-state index contributed by atoms with van der Waals surface area (Å²) in [6.45, 7) is 5.32. The topological polar surface area (TPSA) is 68.3 Å². The first-order valence-corrected chi connectivity index (χ1v) is 10.2. The van der Waals surface area contributed by atoms with Crippen LogP contribution in [0.2, 0.25) is 0 Å². The van der Waals surface area contributed by atoms with Crippen LogP contribution in [-0.4, -0.2) is 61.3 Å². The minimum atomic E-state index is -1.26. The molecule has 2 aromatic rings. The highest BCUT2D eigenvalue weighted by Crippen LogP contribution is 2.35. The van der Waals surface area contributed by atoms with Crippen LogP contribution >= 0.6 is 0 Å². The molecule has 1 unspecified atom stereocenters. The molecule has 0 bridgehead atoms. The maximum Gasteiger partial charge on any atom is 0.270 e. The second kappa shape index (κ2) is 8.55. The number of carbonyl (C=O) groups is 2. The smallest absolute Gasteiger partial charge is 0.270 e. The van der Waals surface area contributed by atoms with Crippen molar-refractivity contribution in [2.75, 3.05) is 37.7 Å². The number of fused-ring (bicyclic) bond motifs is 1. The zero-order chi connectivity index (χ0) is 22.0. The second-order valence-corrected chi connectivity index (χ2v) is 7.99. The standard InChI is InChI=1S/C23H25FN2O5/c1-23(2,31-17-9-7-16(24)8-10-17)22(28)26-15-20(21(27)25-11-13-29-14-12-25)30-19-6-4-3-5-18(19)26/h3-10,20H,11-15H2,1-2H3. The van der Waals surface area contributed by atoms with Gasteiger partial charge in [0.1, 0.15) is 17.3 Å². The molecule has 2 amide bonds. The van der Waals surface area contributed by atoms with Gasteiger partial charge in [0.2, 0.25) is 0 Å². The number of amides is 2. The van der Waals surface area contributed by atoms with Crippen molar-refractivity contribution in [1.82, 2.24) is 4.90 Å². The number of carbonyl (C=O) groups excluding carboxylic acids is 2.